The molecule has 18 heavy (non-hydrogen) atoms. The third-order valence-corrected chi connectivity index (χ3v) is 3.93. The topological polar surface area (TPSA) is 55.2 Å². The minimum Gasteiger partial charge on any atom is -0.381 e. The third-order valence-electron chi connectivity index (χ3n) is 3.62. The second-order valence-corrected chi connectivity index (χ2v) is 5.34. The van der Waals surface area contributed by atoms with Crippen LogP contribution in [-0.2, 0) is 0 Å². The van der Waals surface area contributed by atoms with Crippen molar-refractivity contribution in [3.8, 4) is 0 Å². The van der Waals surface area contributed by atoms with Crippen LogP contribution in [0.5, 0.6) is 0 Å². The van der Waals surface area contributed by atoms with E-state index in [1.807, 2.05) is 0 Å². The van der Waals surface area contributed by atoms with Gasteiger partial charge in [0.05, 0.1) is 15.6 Å². The van der Waals surface area contributed by atoms with Crippen LogP contribution in [0, 0.1) is 16.0 Å². The molecule has 1 N–H and O–H groups in total. The Kier molecular flexibility index (Phi) is 4.07. The molecule has 0 bridgehead atoms. The Hall–Kier alpha value is -1.29. The molecule has 2 rings (SSSR count). The number of hydrogen-bond acceptors (Lipinski definition) is 3. The van der Waals surface area contributed by atoms with Crippen LogP contribution in [0.1, 0.15) is 32.6 Å². The number of nitro benzene ring substituents is 1. The third kappa shape index (κ3) is 2.93. The van der Waals surface area contributed by atoms with Crippen molar-refractivity contribution in [1.29, 1.82) is 0 Å². The van der Waals surface area contributed by atoms with Crippen LogP contribution in [0.25, 0.3) is 0 Å². The molecule has 1 aromatic carbocycles. The molecule has 0 amide bonds. The molecule has 0 unspecified atom stereocenters. The molecule has 0 spiro atoms. The van der Waals surface area contributed by atoms with Crippen LogP contribution in [0.2, 0.25) is 5.02 Å². The van der Waals surface area contributed by atoms with Gasteiger partial charge in [0.1, 0.15) is 0 Å². The van der Waals surface area contributed by atoms with Crippen molar-refractivity contribution in [2.24, 2.45) is 5.92 Å². The quantitative estimate of drug-likeness (QED) is 0.659. The van der Waals surface area contributed by atoms with E-state index in [0.29, 0.717) is 17.0 Å². The van der Waals surface area contributed by atoms with Crippen LogP contribution in [0.3, 0.4) is 0 Å². The van der Waals surface area contributed by atoms with E-state index in [-0.39, 0.29) is 5.69 Å². The predicted molar refractivity (Wildman–Crippen MR) is 73.1 cm³/mol. The minimum atomic E-state index is -0.432. The molecule has 98 valence electrons. The Morgan fingerprint density at radius 2 is 2.11 bits per heavy atom. The maximum Gasteiger partial charge on any atom is 0.271 e. The fraction of sp³-hybridized carbons (Fsp3) is 0.538. The maximum atomic E-state index is 10.6. The van der Waals surface area contributed by atoms with Gasteiger partial charge in [0, 0.05) is 18.2 Å². The summed E-state index contributed by atoms with van der Waals surface area (Å²) in [5.41, 5.74) is 0.822. The zero-order valence-corrected chi connectivity index (χ0v) is 11.1. The van der Waals surface area contributed by atoms with Crippen molar-refractivity contribution in [2.75, 3.05) is 5.32 Å². The number of hydrogen-bond donors (Lipinski definition) is 1. The van der Waals surface area contributed by atoms with Gasteiger partial charge in [-0.25, -0.2) is 0 Å². The molecule has 0 radical (unpaired) electrons. The molecular weight excluding hydrogens is 252 g/mol. The van der Waals surface area contributed by atoms with Crippen molar-refractivity contribution < 1.29 is 4.92 Å². The highest BCUT2D eigenvalue weighted by molar-refractivity contribution is 6.33. The standard InChI is InChI=1S/C13H17ClN2O2/c1-9-4-2-3-5-12(9)15-13-7-6-10(16(17)18)8-11(13)14/h6-9,12,15H,2-5H2,1H3/t9-,12+/m1/s1. The predicted octanol–water partition coefficient (Wildman–Crippen LogP) is 4.24. The fourth-order valence-corrected chi connectivity index (χ4v) is 2.69. The van der Waals surface area contributed by atoms with Gasteiger partial charge in [0.2, 0.25) is 0 Å². The normalized spacial score (nSPS) is 23.7. The van der Waals surface area contributed by atoms with Crippen LogP contribution in [0.15, 0.2) is 18.2 Å². The van der Waals surface area contributed by atoms with Crippen molar-refractivity contribution in [3.05, 3.63) is 33.3 Å². The zero-order valence-electron chi connectivity index (χ0n) is 10.4. The highest BCUT2D eigenvalue weighted by Gasteiger charge is 2.22. The van der Waals surface area contributed by atoms with E-state index in [2.05, 4.69) is 12.2 Å². The first-order valence-corrected chi connectivity index (χ1v) is 6.66. The first-order valence-electron chi connectivity index (χ1n) is 6.28. The van der Waals surface area contributed by atoms with E-state index >= 15 is 0 Å². The largest absolute Gasteiger partial charge is 0.381 e. The summed E-state index contributed by atoms with van der Waals surface area (Å²) >= 11 is 6.07. The van der Waals surface area contributed by atoms with Crippen molar-refractivity contribution >= 4 is 23.0 Å². The second-order valence-electron chi connectivity index (χ2n) is 4.93. The molecule has 4 nitrogen and oxygen atoms in total. The van der Waals surface area contributed by atoms with Crippen LogP contribution in [0.4, 0.5) is 11.4 Å². The van der Waals surface area contributed by atoms with Crippen LogP contribution < -0.4 is 5.32 Å². The number of anilines is 1. The van der Waals surface area contributed by atoms with Gasteiger partial charge in [-0.2, -0.15) is 0 Å². The zero-order chi connectivity index (χ0) is 13.1. The van der Waals surface area contributed by atoms with Crippen molar-refractivity contribution in [1.82, 2.24) is 0 Å². The van der Waals surface area contributed by atoms with Gasteiger partial charge >= 0.3 is 0 Å². The lowest BCUT2D eigenvalue weighted by Crippen LogP contribution is -2.30. The van der Waals surface area contributed by atoms with Gasteiger partial charge in [-0.05, 0) is 24.8 Å². The smallest absolute Gasteiger partial charge is 0.271 e. The Labute approximate surface area is 111 Å². The lowest BCUT2D eigenvalue weighted by atomic mass is 9.86. The fourth-order valence-electron chi connectivity index (χ4n) is 2.47. The summed E-state index contributed by atoms with van der Waals surface area (Å²) in [6, 6.07) is 5.00. The van der Waals surface area contributed by atoms with Gasteiger partial charge in [-0.3, -0.25) is 10.1 Å². The average Bonchev–Trinajstić information content (AvgIpc) is 2.34. The summed E-state index contributed by atoms with van der Waals surface area (Å²) in [5.74, 6) is 0.616. The lowest BCUT2D eigenvalue weighted by Gasteiger charge is -2.30. The highest BCUT2D eigenvalue weighted by atomic mass is 35.5. The van der Waals surface area contributed by atoms with Crippen LogP contribution in [-0.4, -0.2) is 11.0 Å². The van der Waals surface area contributed by atoms with Gasteiger partial charge in [0.15, 0.2) is 0 Å². The summed E-state index contributed by atoms with van der Waals surface area (Å²) in [6.07, 6.45) is 4.87. The average molecular weight is 269 g/mol. The number of rotatable bonds is 3. The summed E-state index contributed by atoms with van der Waals surface area (Å²) in [5, 5.41) is 14.5. The van der Waals surface area contributed by atoms with Gasteiger partial charge < -0.3 is 5.32 Å². The molecule has 2 atom stereocenters. The Bertz CT molecular complexity index is 451. The summed E-state index contributed by atoms with van der Waals surface area (Å²) < 4.78 is 0. The van der Waals surface area contributed by atoms with Gasteiger partial charge in [-0.1, -0.05) is 31.4 Å². The van der Waals surface area contributed by atoms with E-state index in [9.17, 15) is 10.1 Å². The molecule has 0 aliphatic heterocycles. The summed E-state index contributed by atoms with van der Waals surface area (Å²) in [7, 11) is 0. The van der Waals surface area contributed by atoms with E-state index in [1.165, 1.54) is 31.4 Å². The SMILES string of the molecule is C[C@@H]1CCCC[C@@H]1Nc1ccc([N+](=O)[O-])cc1Cl. The molecule has 1 saturated carbocycles. The Balaban J connectivity index is 2.11. The molecule has 5 heteroatoms. The second kappa shape index (κ2) is 5.57. The molecular formula is C13H17ClN2O2. The molecule has 0 heterocycles. The lowest BCUT2D eigenvalue weighted by molar-refractivity contribution is -0.384. The number of nitrogens with one attached hydrogen (secondary N) is 1. The van der Waals surface area contributed by atoms with Crippen LogP contribution >= 0.6 is 11.6 Å². The van der Waals surface area contributed by atoms with E-state index in [0.717, 1.165) is 12.1 Å². The Morgan fingerprint density at radius 1 is 1.39 bits per heavy atom. The molecule has 1 aromatic rings. The Morgan fingerprint density at radius 3 is 2.72 bits per heavy atom. The summed E-state index contributed by atoms with van der Waals surface area (Å²) in [4.78, 5) is 10.2. The highest BCUT2D eigenvalue weighted by Crippen LogP contribution is 2.31. The number of non-ortho nitro benzene ring substituents is 1. The van der Waals surface area contributed by atoms with E-state index < -0.39 is 4.92 Å². The number of nitro groups is 1. The minimum absolute atomic E-state index is 0.0299. The van der Waals surface area contributed by atoms with E-state index in [1.54, 1.807) is 6.07 Å². The van der Waals surface area contributed by atoms with E-state index in [4.69, 9.17) is 11.6 Å². The molecule has 1 fully saturated rings. The summed E-state index contributed by atoms with van der Waals surface area (Å²) in [6.45, 7) is 2.23. The van der Waals surface area contributed by atoms with Crippen molar-refractivity contribution in [3.63, 3.8) is 0 Å². The van der Waals surface area contributed by atoms with Gasteiger partial charge in [-0.15, -0.1) is 0 Å². The maximum absolute atomic E-state index is 10.6. The number of nitrogens with zero attached hydrogens (tertiary/aromatic N) is 1. The van der Waals surface area contributed by atoms with Crippen molar-refractivity contribution in [2.45, 2.75) is 38.6 Å². The molecule has 0 saturated heterocycles. The molecule has 0 aromatic heterocycles. The first kappa shape index (κ1) is 13.1. The molecule has 1 aliphatic rings. The first-order chi connectivity index (χ1) is 8.58. The van der Waals surface area contributed by atoms with Gasteiger partial charge in [0.25, 0.3) is 5.69 Å². The monoisotopic (exact) mass is 268 g/mol. The number of halogens is 1. The number of benzene rings is 1. The molecule has 1 aliphatic carbocycles.